The molecule has 0 aliphatic carbocycles. The quantitative estimate of drug-likeness (QED) is 0.480. The first-order valence-electron chi connectivity index (χ1n) is 6.26. The van der Waals surface area contributed by atoms with Gasteiger partial charge in [-0.1, -0.05) is 53.8 Å². The van der Waals surface area contributed by atoms with E-state index < -0.39 is 6.10 Å². The van der Waals surface area contributed by atoms with Gasteiger partial charge in [-0.05, 0) is 24.3 Å². The Morgan fingerprint density at radius 1 is 1.05 bits per heavy atom. The minimum absolute atomic E-state index is 0.0130. The highest BCUT2D eigenvalue weighted by Crippen LogP contribution is 2.25. The maximum absolute atomic E-state index is 12.1. The van der Waals surface area contributed by atoms with E-state index in [9.17, 15) is 4.79 Å². The maximum atomic E-state index is 12.1. The topological polar surface area (TPSA) is 29.6 Å². The van der Waals surface area contributed by atoms with E-state index in [1.165, 1.54) is 0 Å². The summed E-state index contributed by atoms with van der Waals surface area (Å²) >= 11 is 5.80. The molecule has 3 rings (SSSR count). The molecule has 98 valence electrons. The van der Waals surface area contributed by atoms with Crippen molar-refractivity contribution in [2.24, 2.45) is 0 Å². The fourth-order valence-corrected chi connectivity index (χ4v) is 2.00. The number of carbonyl (C=O) groups is 1. The minimum atomic E-state index is -0.433. The van der Waals surface area contributed by atoms with E-state index in [0.29, 0.717) is 10.6 Å². The van der Waals surface area contributed by atoms with Gasteiger partial charge in [0.15, 0.2) is 18.0 Å². The Labute approximate surface area is 122 Å². The molecular weight excluding hydrogens is 272 g/mol. The lowest BCUT2D eigenvalue weighted by Crippen LogP contribution is -2.09. The zero-order chi connectivity index (χ0) is 13.9. The van der Waals surface area contributed by atoms with Gasteiger partial charge in [-0.25, -0.2) is 0 Å². The molecule has 0 spiro atoms. The summed E-state index contributed by atoms with van der Waals surface area (Å²) < 4.78 is 5.33. The van der Waals surface area contributed by atoms with Crippen molar-refractivity contribution in [1.29, 1.82) is 0 Å². The maximum Gasteiger partial charge on any atom is 0.195 e. The second kappa shape index (κ2) is 5.50. The summed E-state index contributed by atoms with van der Waals surface area (Å²) in [4.78, 5) is 12.1. The van der Waals surface area contributed by atoms with Gasteiger partial charge in [0.1, 0.15) is 0 Å². The highest BCUT2D eigenvalue weighted by atomic mass is 35.5. The molecule has 1 saturated heterocycles. The molecule has 0 saturated carbocycles. The molecule has 0 amide bonds. The lowest BCUT2D eigenvalue weighted by molar-refractivity contribution is 0.0953. The van der Waals surface area contributed by atoms with Gasteiger partial charge in [0.25, 0.3) is 0 Å². The van der Waals surface area contributed by atoms with Crippen molar-refractivity contribution < 1.29 is 9.53 Å². The van der Waals surface area contributed by atoms with E-state index in [1.54, 1.807) is 24.3 Å². The molecule has 2 unspecified atom stereocenters. The van der Waals surface area contributed by atoms with Crippen LogP contribution in [-0.4, -0.2) is 18.0 Å². The van der Waals surface area contributed by atoms with Gasteiger partial charge in [-0.15, -0.1) is 0 Å². The number of hydrogen-bond acceptors (Lipinski definition) is 2. The van der Waals surface area contributed by atoms with Crippen LogP contribution in [0, 0.1) is 11.8 Å². The Hall–Kier alpha value is -2.08. The van der Waals surface area contributed by atoms with Crippen molar-refractivity contribution in [2.45, 2.75) is 12.2 Å². The van der Waals surface area contributed by atoms with E-state index in [4.69, 9.17) is 16.3 Å². The summed E-state index contributed by atoms with van der Waals surface area (Å²) in [6, 6.07) is 16.4. The fourth-order valence-electron chi connectivity index (χ4n) is 1.88. The van der Waals surface area contributed by atoms with Crippen molar-refractivity contribution in [1.82, 2.24) is 0 Å². The zero-order valence-electron chi connectivity index (χ0n) is 10.5. The monoisotopic (exact) mass is 282 g/mol. The molecule has 0 radical (unpaired) electrons. The molecule has 0 bridgehead atoms. The van der Waals surface area contributed by atoms with Crippen LogP contribution in [0.3, 0.4) is 0 Å². The normalized spacial score (nSPS) is 19.9. The molecule has 2 aromatic rings. The van der Waals surface area contributed by atoms with Crippen LogP contribution in [0.15, 0.2) is 54.6 Å². The van der Waals surface area contributed by atoms with Crippen LogP contribution in [0.5, 0.6) is 0 Å². The van der Waals surface area contributed by atoms with Gasteiger partial charge < -0.3 is 4.74 Å². The second-order valence-electron chi connectivity index (χ2n) is 4.48. The molecular formula is C17H11ClO2. The van der Waals surface area contributed by atoms with Crippen LogP contribution in [0.25, 0.3) is 0 Å². The third kappa shape index (κ3) is 2.91. The smallest absolute Gasteiger partial charge is 0.195 e. The van der Waals surface area contributed by atoms with Crippen molar-refractivity contribution in [3.05, 3.63) is 70.7 Å². The largest absolute Gasteiger partial charge is 0.347 e. The number of Topliss-reactive ketones (excluding diaryl/α,β-unsaturated/α-hetero) is 1. The first-order valence-corrected chi connectivity index (χ1v) is 6.64. The number of hydrogen-bond donors (Lipinski definition) is 0. The molecule has 0 N–H and O–H groups in total. The molecule has 2 nitrogen and oxygen atoms in total. The predicted octanol–water partition coefficient (Wildman–Crippen LogP) is 3.34. The number of benzene rings is 2. The van der Waals surface area contributed by atoms with Gasteiger partial charge in [0.05, 0.1) is 0 Å². The SMILES string of the molecule is O=C(c1ccccc1)C1OC1C#Cc1ccc(Cl)cc1. The summed E-state index contributed by atoms with van der Waals surface area (Å²) in [5.74, 6) is 5.93. The molecule has 2 aromatic carbocycles. The molecule has 3 heteroatoms. The Bertz CT molecular complexity index is 680. The average molecular weight is 283 g/mol. The van der Waals surface area contributed by atoms with Crippen LogP contribution in [0.2, 0.25) is 5.02 Å². The standard InChI is InChI=1S/C17H11ClO2/c18-14-9-6-12(7-10-14)8-11-15-17(20-15)16(19)13-4-2-1-3-5-13/h1-7,9-10,15,17H. The van der Waals surface area contributed by atoms with Gasteiger partial charge in [-0.2, -0.15) is 0 Å². The van der Waals surface area contributed by atoms with E-state index in [0.717, 1.165) is 5.56 Å². The van der Waals surface area contributed by atoms with Gasteiger partial charge in [-0.3, -0.25) is 4.79 Å². The fraction of sp³-hybridized carbons (Fsp3) is 0.118. The van der Waals surface area contributed by atoms with Gasteiger partial charge in [0, 0.05) is 16.1 Å². The minimum Gasteiger partial charge on any atom is -0.347 e. The van der Waals surface area contributed by atoms with Crippen LogP contribution in [0.1, 0.15) is 15.9 Å². The van der Waals surface area contributed by atoms with Crippen LogP contribution < -0.4 is 0 Å². The van der Waals surface area contributed by atoms with Crippen molar-refractivity contribution in [2.75, 3.05) is 0 Å². The number of halogens is 1. The Morgan fingerprint density at radius 2 is 1.75 bits per heavy atom. The summed E-state index contributed by atoms with van der Waals surface area (Å²) in [5.41, 5.74) is 1.52. The number of epoxide rings is 1. The Morgan fingerprint density at radius 3 is 2.45 bits per heavy atom. The van der Waals surface area contributed by atoms with Crippen molar-refractivity contribution in [3.8, 4) is 11.8 Å². The van der Waals surface area contributed by atoms with Crippen molar-refractivity contribution >= 4 is 17.4 Å². The third-order valence-electron chi connectivity index (χ3n) is 3.01. The van der Waals surface area contributed by atoms with Gasteiger partial charge in [0.2, 0.25) is 0 Å². The molecule has 1 aliphatic heterocycles. The lowest BCUT2D eigenvalue weighted by atomic mass is 10.1. The van der Waals surface area contributed by atoms with Gasteiger partial charge >= 0.3 is 0 Å². The lowest BCUT2D eigenvalue weighted by Gasteiger charge is -1.94. The van der Waals surface area contributed by atoms with Crippen LogP contribution in [-0.2, 0) is 4.74 Å². The predicted molar refractivity (Wildman–Crippen MR) is 77.8 cm³/mol. The first kappa shape index (κ1) is 12.9. The summed E-state index contributed by atoms with van der Waals surface area (Å²) in [6.07, 6.45) is -0.740. The third-order valence-corrected chi connectivity index (χ3v) is 3.26. The van der Waals surface area contributed by atoms with E-state index in [-0.39, 0.29) is 11.9 Å². The number of carbonyl (C=O) groups excluding carboxylic acids is 1. The Balaban J connectivity index is 1.66. The summed E-state index contributed by atoms with van der Waals surface area (Å²) in [7, 11) is 0. The van der Waals surface area contributed by atoms with Crippen LogP contribution >= 0.6 is 11.6 Å². The second-order valence-corrected chi connectivity index (χ2v) is 4.92. The number of ether oxygens (including phenoxy) is 1. The van der Waals surface area contributed by atoms with E-state index >= 15 is 0 Å². The highest BCUT2D eigenvalue weighted by molar-refractivity contribution is 6.30. The van der Waals surface area contributed by atoms with E-state index in [1.807, 2.05) is 30.3 Å². The number of rotatable bonds is 2. The summed E-state index contributed by atoms with van der Waals surface area (Å²) in [6.45, 7) is 0. The molecule has 1 aliphatic rings. The summed E-state index contributed by atoms with van der Waals surface area (Å²) in [5, 5.41) is 0.676. The van der Waals surface area contributed by atoms with Crippen molar-refractivity contribution in [3.63, 3.8) is 0 Å². The molecule has 1 fully saturated rings. The molecule has 1 heterocycles. The molecule has 20 heavy (non-hydrogen) atoms. The Kier molecular flexibility index (Phi) is 3.56. The average Bonchev–Trinajstić information content (AvgIpc) is 3.26. The first-order chi connectivity index (χ1) is 9.74. The van der Waals surface area contributed by atoms with E-state index in [2.05, 4.69) is 11.8 Å². The zero-order valence-corrected chi connectivity index (χ0v) is 11.3. The number of ketones is 1. The van der Waals surface area contributed by atoms with Crippen LogP contribution in [0.4, 0.5) is 0 Å². The molecule has 0 aromatic heterocycles. The highest BCUT2D eigenvalue weighted by Gasteiger charge is 2.44. The molecule has 2 atom stereocenters.